The monoisotopic (exact) mass is 341 g/mol. The lowest BCUT2D eigenvalue weighted by molar-refractivity contribution is 0.401. The summed E-state index contributed by atoms with van der Waals surface area (Å²) in [7, 11) is 1.55. The molecule has 3 N–H and O–H groups in total. The lowest BCUT2D eigenvalue weighted by atomic mass is 10.3. The van der Waals surface area contributed by atoms with E-state index < -0.39 is 0 Å². The second-order valence-electron chi connectivity index (χ2n) is 3.40. The molecular formula is C12H12IN3O. The van der Waals surface area contributed by atoms with Crippen molar-refractivity contribution in [2.24, 2.45) is 0 Å². The molecule has 0 aliphatic heterocycles. The summed E-state index contributed by atoms with van der Waals surface area (Å²) in [6.07, 6.45) is 0. The Hall–Kier alpha value is -1.50. The number of nitrogens with one attached hydrogen (secondary N) is 1. The first-order chi connectivity index (χ1) is 8.20. The maximum absolute atomic E-state index is 5.71. The van der Waals surface area contributed by atoms with Crippen molar-refractivity contribution < 1.29 is 4.74 Å². The lowest BCUT2D eigenvalue weighted by Gasteiger charge is -2.09. The van der Waals surface area contributed by atoms with Crippen molar-refractivity contribution in [2.75, 3.05) is 18.2 Å². The van der Waals surface area contributed by atoms with Crippen molar-refractivity contribution in [3.05, 3.63) is 40.0 Å². The average Bonchev–Trinajstić information content (AvgIpc) is 2.34. The molecule has 0 aliphatic rings. The van der Waals surface area contributed by atoms with Crippen molar-refractivity contribution in [3.8, 4) is 5.88 Å². The quantitative estimate of drug-likeness (QED) is 0.843. The first-order valence-electron chi connectivity index (χ1n) is 5.03. The number of pyridine rings is 1. The first-order valence-corrected chi connectivity index (χ1v) is 6.10. The predicted octanol–water partition coefficient (Wildman–Crippen LogP) is 3.02. The molecule has 1 aromatic carbocycles. The molecule has 0 aliphatic carbocycles. The number of para-hydroxylation sites is 1. The maximum atomic E-state index is 5.71. The summed E-state index contributed by atoms with van der Waals surface area (Å²) in [6, 6.07) is 11.6. The fourth-order valence-electron chi connectivity index (χ4n) is 1.38. The van der Waals surface area contributed by atoms with Gasteiger partial charge in [-0.15, -0.1) is 0 Å². The number of nitrogen functional groups attached to an aromatic ring is 1. The van der Waals surface area contributed by atoms with Gasteiger partial charge in [0.05, 0.1) is 18.5 Å². The normalized spacial score (nSPS) is 10.0. The van der Waals surface area contributed by atoms with Gasteiger partial charge in [0, 0.05) is 3.57 Å². The third-order valence-electron chi connectivity index (χ3n) is 2.22. The van der Waals surface area contributed by atoms with Crippen LogP contribution in [0.25, 0.3) is 0 Å². The summed E-state index contributed by atoms with van der Waals surface area (Å²) in [5.74, 6) is 1.14. The van der Waals surface area contributed by atoms with Crippen LogP contribution >= 0.6 is 22.6 Å². The molecular weight excluding hydrogens is 329 g/mol. The van der Waals surface area contributed by atoms with Crippen LogP contribution in [0.2, 0.25) is 0 Å². The Kier molecular flexibility index (Phi) is 3.68. The molecule has 0 saturated carbocycles. The van der Waals surface area contributed by atoms with E-state index in [1.807, 2.05) is 30.3 Å². The van der Waals surface area contributed by atoms with E-state index in [1.54, 1.807) is 13.2 Å². The van der Waals surface area contributed by atoms with E-state index in [0.717, 1.165) is 9.26 Å². The number of methoxy groups -OCH3 is 1. The van der Waals surface area contributed by atoms with Gasteiger partial charge < -0.3 is 15.8 Å². The highest BCUT2D eigenvalue weighted by molar-refractivity contribution is 14.1. The van der Waals surface area contributed by atoms with Crippen LogP contribution in [0.15, 0.2) is 36.4 Å². The van der Waals surface area contributed by atoms with Crippen LogP contribution in [0.3, 0.4) is 0 Å². The van der Waals surface area contributed by atoms with Crippen LogP contribution in [0.1, 0.15) is 0 Å². The molecule has 1 aromatic heterocycles. The molecule has 17 heavy (non-hydrogen) atoms. The maximum Gasteiger partial charge on any atom is 0.238 e. The molecule has 2 aromatic rings. The van der Waals surface area contributed by atoms with Gasteiger partial charge in [0.15, 0.2) is 0 Å². The van der Waals surface area contributed by atoms with E-state index in [0.29, 0.717) is 17.4 Å². The number of aromatic nitrogens is 1. The molecule has 0 saturated heterocycles. The predicted molar refractivity (Wildman–Crippen MR) is 77.6 cm³/mol. The van der Waals surface area contributed by atoms with E-state index in [9.17, 15) is 0 Å². The Balaban J connectivity index is 2.28. The highest BCUT2D eigenvalue weighted by atomic mass is 127. The van der Waals surface area contributed by atoms with Crippen LogP contribution < -0.4 is 15.8 Å². The van der Waals surface area contributed by atoms with Crippen molar-refractivity contribution in [2.45, 2.75) is 0 Å². The minimum absolute atomic E-state index is 0.431. The number of nitrogens with zero attached hydrogens (tertiary/aromatic N) is 1. The van der Waals surface area contributed by atoms with Crippen molar-refractivity contribution in [1.82, 2.24) is 4.98 Å². The topological polar surface area (TPSA) is 60.2 Å². The number of halogens is 1. The average molecular weight is 341 g/mol. The minimum atomic E-state index is 0.431. The second kappa shape index (κ2) is 5.22. The number of ether oxygens (including phenoxy) is 1. The number of nitrogens with two attached hydrogens (primary N) is 1. The summed E-state index contributed by atoms with van der Waals surface area (Å²) in [6.45, 7) is 0. The fourth-order valence-corrected chi connectivity index (χ4v) is 1.91. The zero-order chi connectivity index (χ0) is 12.3. The molecule has 5 heteroatoms. The van der Waals surface area contributed by atoms with E-state index in [-0.39, 0.29) is 0 Å². The molecule has 0 amide bonds. The Labute approximate surface area is 113 Å². The molecule has 0 fully saturated rings. The van der Waals surface area contributed by atoms with Gasteiger partial charge in [0.25, 0.3) is 0 Å². The number of anilines is 3. The van der Waals surface area contributed by atoms with Crippen LogP contribution in [0, 0.1) is 3.57 Å². The van der Waals surface area contributed by atoms with E-state index in [4.69, 9.17) is 10.5 Å². The third-order valence-corrected chi connectivity index (χ3v) is 3.16. The summed E-state index contributed by atoms with van der Waals surface area (Å²) < 4.78 is 6.20. The lowest BCUT2D eigenvalue weighted by Crippen LogP contribution is -2.00. The number of hydrogen-bond donors (Lipinski definition) is 2. The van der Waals surface area contributed by atoms with Crippen LogP contribution in [-0.2, 0) is 0 Å². The van der Waals surface area contributed by atoms with Gasteiger partial charge in [-0.2, -0.15) is 4.98 Å². The number of benzene rings is 1. The summed E-state index contributed by atoms with van der Waals surface area (Å²) in [5, 5.41) is 3.22. The summed E-state index contributed by atoms with van der Waals surface area (Å²) in [4.78, 5) is 4.27. The van der Waals surface area contributed by atoms with Gasteiger partial charge in [-0.25, -0.2) is 0 Å². The van der Waals surface area contributed by atoms with Gasteiger partial charge in [-0.3, -0.25) is 0 Å². The van der Waals surface area contributed by atoms with Crippen LogP contribution in [0.5, 0.6) is 5.88 Å². The van der Waals surface area contributed by atoms with Gasteiger partial charge in [0.1, 0.15) is 5.82 Å². The Morgan fingerprint density at radius 1 is 1.24 bits per heavy atom. The van der Waals surface area contributed by atoms with Crippen LogP contribution in [-0.4, -0.2) is 12.1 Å². The van der Waals surface area contributed by atoms with Crippen molar-refractivity contribution >= 4 is 39.8 Å². The highest BCUT2D eigenvalue weighted by Gasteiger charge is 2.04. The zero-order valence-corrected chi connectivity index (χ0v) is 11.4. The van der Waals surface area contributed by atoms with E-state index >= 15 is 0 Å². The largest absolute Gasteiger partial charge is 0.479 e. The van der Waals surface area contributed by atoms with Gasteiger partial charge >= 0.3 is 0 Å². The molecule has 0 unspecified atom stereocenters. The van der Waals surface area contributed by atoms with Crippen LogP contribution in [0.4, 0.5) is 17.2 Å². The Morgan fingerprint density at radius 3 is 2.71 bits per heavy atom. The number of rotatable bonds is 3. The van der Waals surface area contributed by atoms with E-state index in [1.165, 1.54) is 0 Å². The molecule has 0 spiro atoms. The summed E-state index contributed by atoms with van der Waals surface area (Å²) in [5.41, 5.74) is 7.24. The molecule has 1 heterocycles. The van der Waals surface area contributed by atoms with Gasteiger partial charge in [0.2, 0.25) is 5.88 Å². The Morgan fingerprint density at radius 2 is 2.00 bits per heavy atom. The van der Waals surface area contributed by atoms with Crippen molar-refractivity contribution in [1.29, 1.82) is 0 Å². The fraction of sp³-hybridized carbons (Fsp3) is 0.0833. The zero-order valence-electron chi connectivity index (χ0n) is 9.27. The van der Waals surface area contributed by atoms with Gasteiger partial charge in [-0.05, 0) is 46.9 Å². The molecule has 4 nitrogen and oxygen atoms in total. The molecule has 0 bridgehead atoms. The van der Waals surface area contributed by atoms with Gasteiger partial charge in [-0.1, -0.05) is 12.1 Å². The molecule has 0 atom stereocenters. The van der Waals surface area contributed by atoms with Crippen molar-refractivity contribution in [3.63, 3.8) is 0 Å². The molecule has 2 rings (SSSR count). The number of hydrogen-bond acceptors (Lipinski definition) is 4. The Bertz CT molecular complexity index is 531. The molecule has 88 valence electrons. The smallest absolute Gasteiger partial charge is 0.238 e. The SMILES string of the molecule is COc1nc(Nc2ccccc2I)ccc1N. The standard InChI is InChI=1S/C12H12IN3O/c1-17-12-9(14)6-7-11(16-12)15-10-5-3-2-4-8(10)13/h2-7H,14H2,1H3,(H,15,16). The minimum Gasteiger partial charge on any atom is -0.479 e. The second-order valence-corrected chi connectivity index (χ2v) is 4.56. The summed E-state index contributed by atoms with van der Waals surface area (Å²) >= 11 is 2.27. The molecule has 0 radical (unpaired) electrons. The van der Waals surface area contributed by atoms with E-state index in [2.05, 4.69) is 32.9 Å². The third kappa shape index (κ3) is 2.79. The first kappa shape index (κ1) is 12.0. The highest BCUT2D eigenvalue weighted by Crippen LogP contribution is 2.25.